The number of fused-ring (bicyclic) bond motifs is 1. The molecule has 0 spiro atoms. The van der Waals surface area contributed by atoms with E-state index in [-0.39, 0.29) is 50.9 Å². The molecular weight excluding hydrogens is 485 g/mol. The molecule has 0 bridgehead atoms. The van der Waals surface area contributed by atoms with Gasteiger partial charge in [-0.15, -0.1) is 0 Å². The molecular formula is C22H25F3N6O5. The largest absolute Gasteiger partial charge is 0.416 e. The molecule has 0 saturated carbocycles. The van der Waals surface area contributed by atoms with Crippen molar-refractivity contribution in [2.45, 2.75) is 32.2 Å². The summed E-state index contributed by atoms with van der Waals surface area (Å²) in [6, 6.07) is 1.89. The molecule has 1 saturated heterocycles. The van der Waals surface area contributed by atoms with Gasteiger partial charge in [0.2, 0.25) is 11.8 Å². The number of amides is 2. The van der Waals surface area contributed by atoms with E-state index in [4.69, 9.17) is 4.74 Å². The number of anilines is 1. The Morgan fingerprint density at radius 1 is 1.17 bits per heavy atom. The molecule has 0 radical (unpaired) electrons. The van der Waals surface area contributed by atoms with Crippen molar-refractivity contribution >= 4 is 17.6 Å². The Kier molecular flexibility index (Phi) is 7.43. The summed E-state index contributed by atoms with van der Waals surface area (Å²) in [5.41, 5.74) is -0.961. The van der Waals surface area contributed by atoms with Crippen LogP contribution in [0.4, 0.5) is 19.0 Å². The Morgan fingerprint density at radius 2 is 1.92 bits per heavy atom. The van der Waals surface area contributed by atoms with Crippen molar-refractivity contribution in [3.8, 4) is 0 Å². The van der Waals surface area contributed by atoms with Crippen LogP contribution < -0.4 is 21.5 Å². The van der Waals surface area contributed by atoms with Crippen LogP contribution in [-0.2, 0) is 40.1 Å². The lowest BCUT2D eigenvalue weighted by Crippen LogP contribution is -2.51. The molecule has 1 fully saturated rings. The van der Waals surface area contributed by atoms with Gasteiger partial charge in [0, 0.05) is 57.5 Å². The summed E-state index contributed by atoms with van der Waals surface area (Å²) in [5, 5.41) is 2.53. The van der Waals surface area contributed by atoms with Crippen molar-refractivity contribution in [2.75, 3.05) is 44.2 Å². The van der Waals surface area contributed by atoms with E-state index in [1.165, 1.54) is 9.47 Å². The van der Waals surface area contributed by atoms with Crippen molar-refractivity contribution in [1.82, 2.24) is 24.8 Å². The molecule has 0 aliphatic carbocycles. The summed E-state index contributed by atoms with van der Waals surface area (Å²) >= 11 is 0. The molecule has 2 amide bonds. The summed E-state index contributed by atoms with van der Waals surface area (Å²) in [6.07, 6.45) is -3.04. The smallest absolute Gasteiger partial charge is 0.376 e. The third-order valence-corrected chi connectivity index (χ3v) is 6.17. The highest BCUT2D eigenvalue weighted by molar-refractivity contribution is 5.84. The maximum atomic E-state index is 12.9. The highest BCUT2D eigenvalue weighted by Gasteiger charge is 2.32. The fraction of sp³-hybridized carbons (Fsp3) is 0.500. The van der Waals surface area contributed by atoms with Gasteiger partial charge in [-0.1, -0.05) is 0 Å². The Hall–Kier alpha value is -3.68. The number of ether oxygens (including phenoxy) is 1. The summed E-state index contributed by atoms with van der Waals surface area (Å²) in [4.78, 5) is 58.4. The lowest BCUT2D eigenvalue weighted by Gasteiger charge is -2.35. The number of aromatic amines is 1. The second kappa shape index (κ2) is 10.5. The van der Waals surface area contributed by atoms with Gasteiger partial charge in [-0.2, -0.15) is 13.2 Å². The minimum Gasteiger partial charge on any atom is -0.376 e. The van der Waals surface area contributed by atoms with Crippen molar-refractivity contribution in [3.63, 3.8) is 0 Å². The zero-order valence-corrected chi connectivity index (χ0v) is 19.3. The third kappa shape index (κ3) is 5.75. The van der Waals surface area contributed by atoms with E-state index < -0.39 is 28.9 Å². The Morgan fingerprint density at radius 3 is 2.64 bits per heavy atom. The number of nitrogens with one attached hydrogen (secondary N) is 2. The SMILES string of the molecule is O=C(CCn1c2c(c(=O)[nH]c1=O)COCC2)NCC(=O)N1CCN(c2cc(C(F)(F)F)ccn2)CC1. The fourth-order valence-electron chi connectivity index (χ4n) is 4.21. The molecule has 2 N–H and O–H groups in total. The first kappa shape index (κ1) is 25.4. The van der Waals surface area contributed by atoms with Crippen LogP contribution in [0.25, 0.3) is 0 Å². The number of H-pyrrole nitrogens is 1. The van der Waals surface area contributed by atoms with Gasteiger partial charge in [-0.05, 0) is 12.1 Å². The summed E-state index contributed by atoms with van der Waals surface area (Å²) < 4.78 is 45.4. The van der Waals surface area contributed by atoms with E-state index in [1.807, 2.05) is 0 Å². The van der Waals surface area contributed by atoms with Gasteiger partial charge in [0.15, 0.2) is 0 Å². The second-order valence-corrected chi connectivity index (χ2v) is 8.43. The van der Waals surface area contributed by atoms with E-state index in [9.17, 15) is 32.3 Å². The molecule has 194 valence electrons. The molecule has 2 aromatic rings. The first-order valence-corrected chi connectivity index (χ1v) is 11.4. The molecule has 4 heterocycles. The van der Waals surface area contributed by atoms with E-state index in [2.05, 4.69) is 15.3 Å². The number of rotatable bonds is 6. The highest BCUT2D eigenvalue weighted by Crippen LogP contribution is 2.30. The summed E-state index contributed by atoms with van der Waals surface area (Å²) in [7, 11) is 0. The molecule has 2 aliphatic heterocycles. The normalized spacial score (nSPS) is 16.0. The number of carbonyl (C=O) groups excluding carboxylic acids is 2. The van der Waals surface area contributed by atoms with Crippen molar-refractivity contribution in [3.05, 3.63) is 56.0 Å². The number of hydrogen-bond donors (Lipinski definition) is 2. The number of pyridine rings is 1. The van der Waals surface area contributed by atoms with Crippen LogP contribution in [-0.4, -0.2) is 70.6 Å². The fourth-order valence-corrected chi connectivity index (χ4v) is 4.21. The van der Waals surface area contributed by atoms with Gasteiger partial charge >= 0.3 is 11.9 Å². The standard InChI is InChI=1S/C22H25F3N6O5/c23-22(24,25)14-1-4-26-17(11-14)29-6-8-30(9-7-29)19(33)12-27-18(32)2-5-31-16-3-10-36-13-15(16)20(34)28-21(31)35/h1,4,11H,2-3,5-10,12-13H2,(H,27,32)(H,28,34,35). The van der Waals surface area contributed by atoms with Crippen LogP contribution in [0.1, 0.15) is 23.2 Å². The Balaban J connectivity index is 1.25. The van der Waals surface area contributed by atoms with Crippen LogP contribution >= 0.6 is 0 Å². The predicted molar refractivity (Wildman–Crippen MR) is 120 cm³/mol. The molecule has 4 rings (SSSR count). The second-order valence-electron chi connectivity index (χ2n) is 8.43. The van der Waals surface area contributed by atoms with E-state index >= 15 is 0 Å². The zero-order chi connectivity index (χ0) is 25.9. The molecule has 0 unspecified atom stereocenters. The Labute approximate surface area is 202 Å². The first-order valence-electron chi connectivity index (χ1n) is 11.4. The first-order chi connectivity index (χ1) is 17.1. The van der Waals surface area contributed by atoms with Gasteiger partial charge in [0.1, 0.15) is 5.82 Å². The minimum atomic E-state index is -4.47. The molecule has 11 nitrogen and oxygen atoms in total. The molecule has 0 aromatic carbocycles. The average molecular weight is 510 g/mol. The van der Waals surface area contributed by atoms with Gasteiger partial charge in [0.25, 0.3) is 5.56 Å². The van der Waals surface area contributed by atoms with Crippen molar-refractivity contribution in [2.24, 2.45) is 0 Å². The number of piperazine rings is 1. The lowest BCUT2D eigenvalue weighted by atomic mass is 10.1. The number of nitrogens with zero attached hydrogens (tertiary/aromatic N) is 4. The highest BCUT2D eigenvalue weighted by atomic mass is 19.4. The maximum Gasteiger partial charge on any atom is 0.416 e. The Bertz CT molecular complexity index is 1250. The number of aromatic nitrogens is 3. The van der Waals surface area contributed by atoms with Crippen molar-refractivity contribution < 1.29 is 27.5 Å². The van der Waals surface area contributed by atoms with E-state index in [1.54, 1.807) is 4.90 Å². The van der Waals surface area contributed by atoms with Crippen LogP contribution in [0.15, 0.2) is 27.9 Å². The van der Waals surface area contributed by atoms with Gasteiger partial charge < -0.3 is 19.9 Å². The minimum absolute atomic E-state index is 0.0423. The predicted octanol–water partition coefficient (Wildman–Crippen LogP) is -0.122. The van der Waals surface area contributed by atoms with Crippen LogP contribution in [0.2, 0.25) is 0 Å². The maximum absolute atomic E-state index is 12.9. The van der Waals surface area contributed by atoms with Crippen LogP contribution in [0.5, 0.6) is 0 Å². The topological polar surface area (TPSA) is 130 Å². The molecule has 2 aromatic heterocycles. The van der Waals surface area contributed by atoms with Crippen LogP contribution in [0.3, 0.4) is 0 Å². The third-order valence-electron chi connectivity index (χ3n) is 6.17. The number of halogens is 3. The number of alkyl halides is 3. The molecule has 2 aliphatic rings. The van der Waals surface area contributed by atoms with Crippen LogP contribution in [0, 0.1) is 0 Å². The average Bonchev–Trinajstić information content (AvgIpc) is 2.87. The lowest BCUT2D eigenvalue weighted by molar-refractivity contribution is -0.137. The number of carbonyl (C=O) groups is 2. The zero-order valence-electron chi connectivity index (χ0n) is 19.3. The van der Waals surface area contributed by atoms with E-state index in [0.717, 1.165) is 18.3 Å². The quantitative estimate of drug-likeness (QED) is 0.554. The monoisotopic (exact) mass is 510 g/mol. The molecule has 0 atom stereocenters. The molecule has 36 heavy (non-hydrogen) atoms. The molecule has 14 heteroatoms. The number of hydrogen-bond acceptors (Lipinski definition) is 7. The summed E-state index contributed by atoms with van der Waals surface area (Å²) in [5.74, 6) is -0.568. The summed E-state index contributed by atoms with van der Waals surface area (Å²) in [6.45, 7) is 1.42. The van der Waals surface area contributed by atoms with Gasteiger partial charge in [0.05, 0.1) is 30.9 Å². The van der Waals surface area contributed by atoms with Gasteiger partial charge in [-0.3, -0.25) is 23.9 Å². The van der Waals surface area contributed by atoms with E-state index in [0.29, 0.717) is 37.4 Å². The van der Waals surface area contributed by atoms with Crippen molar-refractivity contribution in [1.29, 1.82) is 0 Å². The van der Waals surface area contributed by atoms with Gasteiger partial charge in [-0.25, -0.2) is 9.78 Å².